The Morgan fingerprint density at radius 3 is 2.56 bits per heavy atom. The topological polar surface area (TPSA) is 52.7 Å². The minimum atomic E-state index is -0.423. The quantitative estimate of drug-likeness (QED) is 0.903. The zero-order valence-corrected chi connectivity index (χ0v) is 15.0. The van der Waals surface area contributed by atoms with Crippen LogP contribution in [0.2, 0.25) is 5.02 Å². The van der Waals surface area contributed by atoms with E-state index in [0.29, 0.717) is 11.6 Å². The van der Waals surface area contributed by atoms with E-state index in [1.807, 2.05) is 55.5 Å². The van der Waals surface area contributed by atoms with Crippen LogP contribution in [-0.4, -0.2) is 35.0 Å². The van der Waals surface area contributed by atoms with Crippen LogP contribution in [0.25, 0.3) is 0 Å². The molecule has 0 aliphatic carbocycles. The van der Waals surface area contributed by atoms with Gasteiger partial charge in [0.15, 0.2) is 0 Å². The molecule has 1 N–H and O–H groups in total. The maximum atomic E-state index is 12.7. The fourth-order valence-corrected chi connectivity index (χ4v) is 3.05. The summed E-state index contributed by atoms with van der Waals surface area (Å²) in [6.45, 7) is 2.33. The van der Waals surface area contributed by atoms with Crippen LogP contribution in [-0.2, 0) is 11.3 Å². The van der Waals surface area contributed by atoms with Gasteiger partial charge in [0.2, 0.25) is 5.91 Å². The summed E-state index contributed by atoms with van der Waals surface area (Å²) in [5.41, 5.74) is 2.72. The number of hydrogen-bond acceptors (Lipinski definition) is 3. The van der Waals surface area contributed by atoms with Gasteiger partial charge in [-0.25, -0.2) is 4.79 Å². The Balaban J connectivity index is 1.88. The molecule has 1 heterocycles. The van der Waals surface area contributed by atoms with Gasteiger partial charge in [-0.05, 0) is 30.2 Å². The molecular formula is C19H20ClN3O2. The van der Waals surface area contributed by atoms with Gasteiger partial charge in [-0.3, -0.25) is 14.6 Å². The third kappa shape index (κ3) is 3.61. The van der Waals surface area contributed by atoms with Gasteiger partial charge in [0, 0.05) is 24.3 Å². The molecule has 6 heteroatoms. The van der Waals surface area contributed by atoms with Gasteiger partial charge >= 0.3 is 6.03 Å². The van der Waals surface area contributed by atoms with E-state index in [4.69, 9.17) is 11.6 Å². The van der Waals surface area contributed by atoms with Crippen LogP contribution < -0.4 is 5.32 Å². The van der Waals surface area contributed by atoms with Gasteiger partial charge < -0.3 is 5.32 Å². The summed E-state index contributed by atoms with van der Waals surface area (Å²) < 4.78 is 0. The maximum Gasteiger partial charge on any atom is 0.328 e. The Morgan fingerprint density at radius 1 is 1.12 bits per heavy atom. The number of nitrogens with zero attached hydrogens (tertiary/aromatic N) is 2. The number of carbonyl (C=O) groups excluding carboxylic acids is 2. The summed E-state index contributed by atoms with van der Waals surface area (Å²) in [5.74, 6) is -0.202. The molecule has 1 atom stereocenters. The van der Waals surface area contributed by atoms with Crippen LogP contribution in [0, 0.1) is 6.92 Å². The van der Waals surface area contributed by atoms with Gasteiger partial charge in [-0.15, -0.1) is 0 Å². The van der Waals surface area contributed by atoms with E-state index in [2.05, 4.69) is 5.32 Å². The van der Waals surface area contributed by atoms with Crippen LogP contribution in [0.5, 0.6) is 0 Å². The number of hydrogen-bond donors (Lipinski definition) is 1. The highest BCUT2D eigenvalue weighted by atomic mass is 35.5. The monoisotopic (exact) mass is 357 g/mol. The second-order valence-corrected chi connectivity index (χ2v) is 6.53. The lowest BCUT2D eigenvalue weighted by Gasteiger charge is -2.39. The van der Waals surface area contributed by atoms with Gasteiger partial charge in [-0.2, -0.15) is 0 Å². The molecule has 1 aliphatic rings. The van der Waals surface area contributed by atoms with Gasteiger partial charge in [0.05, 0.1) is 6.42 Å². The van der Waals surface area contributed by atoms with Crippen molar-refractivity contribution in [3.63, 3.8) is 0 Å². The van der Waals surface area contributed by atoms with E-state index in [9.17, 15) is 9.59 Å². The first kappa shape index (κ1) is 17.3. The predicted octanol–water partition coefficient (Wildman–Crippen LogP) is 3.87. The molecule has 5 nitrogen and oxygen atoms in total. The van der Waals surface area contributed by atoms with Crippen molar-refractivity contribution >= 4 is 29.2 Å². The predicted molar refractivity (Wildman–Crippen MR) is 98.4 cm³/mol. The summed E-state index contributed by atoms with van der Waals surface area (Å²) in [7, 11) is 1.52. The number of benzene rings is 2. The van der Waals surface area contributed by atoms with Crippen molar-refractivity contribution in [2.45, 2.75) is 26.1 Å². The second kappa shape index (κ2) is 7.15. The molecule has 0 aromatic heterocycles. The van der Waals surface area contributed by atoms with Crippen LogP contribution >= 0.6 is 11.6 Å². The molecule has 1 aliphatic heterocycles. The van der Waals surface area contributed by atoms with E-state index < -0.39 is 6.17 Å². The van der Waals surface area contributed by atoms with Crippen molar-refractivity contribution in [1.82, 2.24) is 9.80 Å². The number of imide groups is 1. The van der Waals surface area contributed by atoms with E-state index in [1.54, 1.807) is 4.90 Å². The van der Waals surface area contributed by atoms with Crippen molar-refractivity contribution in [2.75, 3.05) is 12.4 Å². The first-order valence-electron chi connectivity index (χ1n) is 8.10. The van der Waals surface area contributed by atoms with Crippen molar-refractivity contribution in [2.24, 2.45) is 0 Å². The molecule has 130 valence electrons. The number of halogens is 1. The number of urea groups is 1. The Labute approximate surface area is 152 Å². The Morgan fingerprint density at radius 2 is 1.84 bits per heavy atom. The fraction of sp³-hybridized carbons (Fsp3) is 0.263. The van der Waals surface area contributed by atoms with E-state index in [0.717, 1.165) is 16.8 Å². The smallest absolute Gasteiger partial charge is 0.328 e. The molecule has 0 bridgehead atoms. The van der Waals surface area contributed by atoms with Crippen molar-refractivity contribution in [3.8, 4) is 0 Å². The van der Waals surface area contributed by atoms with E-state index in [1.165, 1.54) is 11.9 Å². The fourth-order valence-electron chi connectivity index (χ4n) is 2.88. The van der Waals surface area contributed by atoms with Crippen molar-refractivity contribution < 1.29 is 9.59 Å². The lowest BCUT2D eigenvalue weighted by molar-refractivity contribution is -0.131. The summed E-state index contributed by atoms with van der Waals surface area (Å²) in [6, 6.07) is 15.0. The molecule has 1 unspecified atom stereocenters. The molecule has 1 saturated heterocycles. The molecule has 0 spiro atoms. The number of anilines is 1. The van der Waals surface area contributed by atoms with E-state index in [-0.39, 0.29) is 18.4 Å². The molecule has 0 radical (unpaired) electrons. The molecule has 3 rings (SSSR count). The van der Waals surface area contributed by atoms with Gasteiger partial charge in [-0.1, -0.05) is 48.0 Å². The molecule has 0 saturated carbocycles. The summed E-state index contributed by atoms with van der Waals surface area (Å²) in [5, 5.41) is 3.96. The third-order valence-electron chi connectivity index (χ3n) is 4.44. The third-order valence-corrected chi connectivity index (χ3v) is 4.85. The summed E-state index contributed by atoms with van der Waals surface area (Å²) >= 11 is 6.18. The largest absolute Gasteiger partial charge is 0.364 e. The highest BCUT2D eigenvalue weighted by Gasteiger charge is 2.36. The molecule has 2 aromatic rings. The molecular weight excluding hydrogens is 338 g/mol. The average molecular weight is 358 g/mol. The maximum absolute atomic E-state index is 12.7. The molecule has 2 aromatic carbocycles. The lowest BCUT2D eigenvalue weighted by atomic mass is 10.1. The zero-order chi connectivity index (χ0) is 18.0. The minimum Gasteiger partial charge on any atom is -0.364 e. The van der Waals surface area contributed by atoms with Crippen LogP contribution in [0.1, 0.15) is 17.5 Å². The molecule has 3 amide bonds. The zero-order valence-electron chi connectivity index (χ0n) is 14.2. The van der Waals surface area contributed by atoms with Gasteiger partial charge in [0.1, 0.15) is 6.17 Å². The number of amides is 3. The minimum absolute atomic E-state index is 0.202. The van der Waals surface area contributed by atoms with Crippen LogP contribution in [0.4, 0.5) is 10.5 Å². The average Bonchev–Trinajstić information content (AvgIpc) is 2.61. The second-order valence-electron chi connectivity index (χ2n) is 6.13. The first-order valence-corrected chi connectivity index (χ1v) is 8.48. The Kier molecular flexibility index (Phi) is 4.95. The Bertz CT molecular complexity index is 795. The highest BCUT2D eigenvalue weighted by Crippen LogP contribution is 2.27. The summed E-state index contributed by atoms with van der Waals surface area (Å²) in [4.78, 5) is 27.7. The first-order chi connectivity index (χ1) is 12.0. The number of carbonyl (C=O) groups is 2. The van der Waals surface area contributed by atoms with Crippen molar-refractivity contribution in [1.29, 1.82) is 0 Å². The Hall–Kier alpha value is -2.53. The normalized spacial score (nSPS) is 17.8. The molecule has 25 heavy (non-hydrogen) atoms. The van der Waals surface area contributed by atoms with E-state index >= 15 is 0 Å². The van der Waals surface area contributed by atoms with Crippen molar-refractivity contribution in [3.05, 3.63) is 64.7 Å². The molecule has 1 fully saturated rings. The number of rotatable bonds is 4. The number of nitrogens with one attached hydrogen (secondary N) is 1. The SMILES string of the molecule is Cc1c(Cl)cccc1NC1CC(=O)N(C)C(=O)N1Cc1ccccc1. The lowest BCUT2D eigenvalue weighted by Crippen LogP contribution is -2.57. The highest BCUT2D eigenvalue weighted by molar-refractivity contribution is 6.31. The van der Waals surface area contributed by atoms with Crippen LogP contribution in [0.3, 0.4) is 0 Å². The summed E-state index contributed by atoms with van der Waals surface area (Å²) in [6.07, 6.45) is -0.213. The van der Waals surface area contributed by atoms with Crippen LogP contribution in [0.15, 0.2) is 48.5 Å². The standard InChI is InChI=1S/C19H20ClN3O2/c1-13-15(20)9-6-10-16(13)21-17-11-18(24)22(2)19(25)23(17)12-14-7-4-3-5-8-14/h3-10,17,21H,11-12H2,1-2H3. The van der Waals surface area contributed by atoms with Gasteiger partial charge in [0.25, 0.3) is 0 Å².